The smallest absolute Gasteiger partial charge is 0.228 e. The van der Waals surface area contributed by atoms with Crippen molar-refractivity contribution in [2.24, 2.45) is 11.8 Å². The number of imidazole rings is 1. The summed E-state index contributed by atoms with van der Waals surface area (Å²) in [5, 5.41) is 0.0967. The van der Waals surface area contributed by atoms with E-state index in [2.05, 4.69) is 18.8 Å². The number of rotatable bonds is 9. The molecule has 0 atom stereocenters. The summed E-state index contributed by atoms with van der Waals surface area (Å²) in [6.07, 6.45) is 5.77. The van der Waals surface area contributed by atoms with E-state index in [9.17, 15) is 13.2 Å². The first-order valence-corrected chi connectivity index (χ1v) is 12.6. The second-order valence-electron chi connectivity index (χ2n) is 8.62. The minimum Gasteiger partial charge on any atom is -0.337 e. The lowest BCUT2D eigenvalue weighted by Crippen LogP contribution is -2.35. The molecule has 164 valence electrons. The van der Waals surface area contributed by atoms with Crippen molar-refractivity contribution in [3.63, 3.8) is 0 Å². The van der Waals surface area contributed by atoms with Crippen LogP contribution in [0, 0.1) is 11.8 Å². The van der Waals surface area contributed by atoms with Gasteiger partial charge in [0.1, 0.15) is 0 Å². The maximum absolute atomic E-state index is 13.2. The van der Waals surface area contributed by atoms with Crippen molar-refractivity contribution >= 4 is 15.7 Å². The van der Waals surface area contributed by atoms with Crippen LogP contribution in [0.4, 0.5) is 0 Å². The van der Waals surface area contributed by atoms with E-state index in [4.69, 9.17) is 0 Å². The molecule has 1 aromatic heterocycles. The van der Waals surface area contributed by atoms with Crippen LogP contribution in [0.25, 0.3) is 0 Å². The Labute approximate surface area is 180 Å². The Morgan fingerprint density at radius 2 is 1.87 bits per heavy atom. The predicted octanol–water partition coefficient (Wildman–Crippen LogP) is 4.05. The van der Waals surface area contributed by atoms with Gasteiger partial charge >= 0.3 is 0 Å². The van der Waals surface area contributed by atoms with Crippen LogP contribution < -0.4 is 0 Å². The van der Waals surface area contributed by atoms with E-state index >= 15 is 0 Å². The zero-order chi connectivity index (χ0) is 21.7. The molecule has 30 heavy (non-hydrogen) atoms. The molecule has 1 saturated carbocycles. The fraction of sp³-hybridized carbons (Fsp3) is 0.565. The molecule has 1 aliphatic rings. The molecule has 6 nitrogen and oxygen atoms in total. The zero-order valence-corrected chi connectivity index (χ0v) is 19.1. The molecule has 0 unspecified atom stereocenters. The summed E-state index contributed by atoms with van der Waals surface area (Å²) in [7, 11) is -3.60. The number of carbonyl (C=O) groups is 1. The predicted molar refractivity (Wildman–Crippen MR) is 117 cm³/mol. The topological polar surface area (TPSA) is 72.3 Å². The number of carbonyl (C=O) groups excluding carboxylic acids is 1. The number of sulfone groups is 1. The van der Waals surface area contributed by atoms with Crippen molar-refractivity contribution < 1.29 is 13.2 Å². The molecule has 1 fully saturated rings. The molecule has 1 amide bonds. The molecule has 0 bridgehead atoms. The van der Waals surface area contributed by atoms with Crippen molar-refractivity contribution in [1.82, 2.24) is 14.5 Å². The summed E-state index contributed by atoms with van der Waals surface area (Å²) in [6.45, 7) is 7.63. The van der Waals surface area contributed by atoms with E-state index < -0.39 is 9.84 Å². The molecule has 3 rings (SSSR count). The van der Waals surface area contributed by atoms with Crippen LogP contribution in [0.3, 0.4) is 0 Å². The molecule has 0 N–H and O–H groups in total. The lowest BCUT2D eigenvalue weighted by molar-refractivity contribution is -0.135. The quantitative estimate of drug-likeness (QED) is 0.600. The summed E-state index contributed by atoms with van der Waals surface area (Å²) < 4.78 is 28.1. The van der Waals surface area contributed by atoms with Gasteiger partial charge in [0.15, 0.2) is 0 Å². The molecule has 2 aromatic rings. The van der Waals surface area contributed by atoms with Crippen LogP contribution in [0.5, 0.6) is 0 Å². The third-order valence-corrected chi connectivity index (χ3v) is 7.27. The summed E-state index contributed by atoms with van der Waals surface area (Å²) in [6, 6.07) is 9.17. The molecule has 0 aliphatic heterocycles. The Balaban J connectivity index is 1.88. The van der Waals surface area contributed by atoms with Gasteiger partial charge in [-0.05, 0) is 31.2 Å². The lowest BCUT2D eigenvalue weighted by atomic mass is 10.1. The second kappa shape index (κ2) is 9.77. The van der Waals surface area contributed by atoms with Gasteiger partial charge in [0, 0.05) is 19.0 Å². The molecule has 0 saturated heterocycles. The Morgan fingerprint density at radius 1 is 1.20 bits per heavy atom. The van der Waals surface area contributed by atoms with Gasteiger partial charge in [-0.15, -0.1) is 0 Å². The van der Waals surface area contributed by atoms with Gasteiger partial charge in [-0.3, -0.25) is 4.79 Å². The largest absolute Gasteiger partial charge is 0.337 e. The third kappa shape index (κ3) is 5.31. The van der Waals surface area contributed by atoms with Gasteiger partial charge in [0.25, 0.3) is 0 Å². The number of hydrogen-bond donors (Lipinski definition) is 0. The van der Waals surface area contributed by atoms with Crippen LogP contribution in [-0.2, 0) is 33.5 Å². The normalized spacial score (nSPS) is 15.1. The minimum atomic E-state index is -3.60. The van der Waals surface area contributed by atoms with Crippen LogP contribution in [0.2, 0.25) is 0 Å². The highest BCUT2D eigenvalue weighted by molar-refractivity contribution is 7.90. The van der Waals surface area contributed by atoms with E-state index in [-0.39, 0.29) is 28.7 Å². The number of benzene rings is 1. The Kier molecular flexibility index (Phi) is 7.34. The highest BCUT2D eigenvalue weighted by atomic mass is 32.2. The van der Waals surface area contributed by atoms with Crippen LogP contribution in [0.15, 0.2) is 41.7 Å². The van der Waals surface area contributed by atoms with E-state index in [1.807, 2.05) is 42.2 Å². The van der Waals surface area contributed by atoms with Gasteiger partial charge < -0.3 is 9.47 Å². The first-order chi connectivity index (χ1) is 14.3. The van der Waals surface area contributed by atoms with Crippen LogP contribution >= 0.6 is 0 Å². The lowest BCUT2D eigenvalue weighted by Gasteiger charge is -2.25. The fourth-order valence-corrected chi connectivity index (χ4v) is 5.66. The average Bonchev–Trinajstić information content (AvgIpc) is 3.36. The maximum Gasteiger partial charge on any atom is 0.228 e. The minimum absolute atomic E-state index is 0.0825. The van der Waals surface area contributed by atoms with Gasteiger partial charge in [-0.2, -0.15) is 0 Å². The van der Waals surface area contributed by atoms with Crippen molar-refractivity contribution in [2.75, 3.05) is 6.54 Å². The summed E-state index contributed by atoms with van der Waals surface area (Å²) in [5.41, 5.74) is 1.52. The van der Waals surface area contributed by atoms with E-state index in [0.717, 1.165) is 36.9 Å². The molecule has 7 heteroatoms. The summed E-state index contributed by atoms with van der Waals surface area (Å²) in [5.74, 6) is 0.457. The van der Waals surface area contributed by atoms with Crippen LogP contribution in [0.1, 0.15) is 57.7 Å². The van der Waals surface area contributed by atoms with Gasteiger partial charge in [-0.1, -0.05) is 57.0 Å². The summed E-state index contributed by atoms with van der Waals surface area (Å²) >= 11 is 0. The monoisotopic (exact) mass is 431 g/mol. The number of aromatic nitrogens is 2. The van der Waals surface area contributed by atoms with Crippen molar-refractivity contribution in [3.05, 3.63) is 47.8 Å². The SMILES string of the molecule is CCN(Cc1cnc(S(=O)(=O)Cc2ccccc2)n1CC(C)C)C(=O)C1CCCC1. The highest BCUT2D eigenvalue weighted by Crippen LogP contribution is 2.27. The zero-order valence-electron chi connectivity index (χ0n) is 18.3. The standard InChI is InChI=1S/C23H33N3O3S/c1-4-25(22(27)20-12-8-9-13-20)16-21-14-24-23(26(21)15-18(2)3)30(28,29)17-19-10-6-5-7-11-19/h5-7,10-11,14,18,20H,4,8-9,12-13,15-17H2,1-3H3. The highest BCUT2D eigenvalue weighted by Gasteiger charge is 2.29. The third-order valence-electron chi connectivity index (χ3n) is 5.68. The van der Waals surface area contributed by atoms with Gasteiger partial charge in [0.2, 0.25) is 20.9 Å². The number of hydrogen-bond acceptors (Lipinski definition) is 4. The molecular formula is C23H33N3O3S. The first kappa shape index (κ1) is 22.5. The van der Waals surface area contributed by atoms with Gasteiger partial charge in [-0.25, -0.2) is 13.4 Å². The van der Waals surface area contributed by atoms with E-state index in [1.165, 1.54) is 0 Å². The molecule has 1 aliphatic carbocycles. The Bertz CT molecular complexity index is 945. The number of nitrogens with zero attached hydrogens (tertiary/aromatic N) is 3. The van der Waals surface area contributed by atoms with E-state index in [1.54, 1.807) is 10.8 Å². The molecule has 0 spiro atoms. The van der Waals surface area contributed by atoms with Crippen molar-refractivity contribution in [3.8, 4) is 0 Å². The van der Waals surface area contributed by atoms with Crippen molar-refractivity contribution in [2.45, 2.75) is 70.5 Å². The van der Waals surface area contributed by atoms with Gasteiger partial charge in [0.05, 0.1) is 24.2 Å². The Hall–Kier alpha value is -2.15. The van der Waals surface area contributed by atoms with Crippen LogP contribution in [-0.4, -0.2) is 35.3 Å². The second-order valence-corrected chi connectivity index (χ2v) is 10.5. The molecule has 1 heterocycles. The molecule has 1 aromatic carbocycles. The first-order valence-electron chi connectivity index (χ1n) is 10.9. The average molecular weight is 432 g/mol. The van der Waals surface area contributed by atoms with Crippen molar-refractivity contribution in [1.29, 1.82) is 0 Å². The summed E-state index contributed by atoms with van der Waals surface area (Å²) in [4.78, 5) is 19.1. The fourth-order valence-electron chi connectivity index (χ4n) is 4.16. The molecule has 0 radical (unpaired) electrons. The Morgan fingerprint density at radius 3 is 2.47 bits per heavy atom. The molecular weight excluding hydrogens is 398 g/mol. The number of amides is 1. The maximum atomic E-state index is 13.2. The van der Waals surface area contributed by atoms with E-state index in [0.29, 0.717) is 19.6 Å².